The fourth-order valence-electron chi connectivity index (χ4n) is 3.13. The van der Waals surface area contributed by atoms with Gasteiger partial charge in [0, 0.05) is 18.3 Å². The molecule has 1 unspecified atom stereocenters. The van der Waals surface area contributed by atoms with E-state index in [-0.39, 0.29) is 23.5 Å². The van der Waals surface area contributed by atoms with Crippen molar-refractivity contribution in [2.45, 2.75) is 26.3 Å². The second kappa shape index (κ2) is 7.45. The van der Waals surface area contributed by atoms with Crippen molar-refractivity contribution < 1.29 is 13.2 Å². The van der Waals surface area contributed by atoms with Crippen molar-refractivity contribution >= 4 is 27.1 Å². The fraction of sp³-hybridized carbons (Fsp3) is 0.368. The highest BCUT2D eigenvalue weighted by Gasteiger charge is 2.27. The van der Waals surface area contributed by atoms with Crippen LogP contribution in [0.2, 0.25) is 0 Å². The lowest BCUT2D eigenvalue weighted by atomic mass is 10.2. The smallest absolute Gasteiger partial charge is 0.276 e. The Kier molecular flexibility index (Phi) is 5.27. The van der Waals surface area contributed by atoms with Crippen LogP contribution in [0.3, 0.4) is 0 Å². The van der Waals surface area contributed by atoms with Gasteiger partial charge in [-0.05, 0) is 50.1 Å². The monoisotopic (exact) mass is 373 g/mol. The Labute approximate surface area is 154 Å². The highest BCUT2D eigenvalue weighted by atomic mass is 32.2. The fourth-order valence-corrected chi connectivity index (χ4v) is 4.80. The lowest BCUT2D eigenvalue weighted by Gasteiger charge is -2.21. The minimum Gasteiger partial charge on any atom is -0.380 e. The number of nitrogens with zero attached hydrogens (tertiary/aromatic N) is 2. The van der Waals surface area contributed by atoms with Crippen LogP contribution >= 0.6 is 0 Å². The van der Waals surface area contributed by atoms with Gasteiger partial charge in [-0.2, -0.15) is 0 Å². The van der Waals surface area contributed by atoms with E-state index >= 15 is 0 Å². The number of sulfone groups is 1. The molecule has 7 heteroatoms. The number of hydrogen-bond donors (Lipinski definition) is 1. The number of benzene rings is 1. The van der Waals surface area contributed by atoms with Crippen molar-refractivity contribution in [3.8, 4) is 0 Å². The average Bonchev–Trinajstić information content (AvgIpc) is 2.95. The van der Waals surface area contributed by atoms with Crippen LogP contribution in [0.5, 0.6) is 0 Å². The van der Waals surface area contributed by atoms with E-state index in [1.807, 2.05) is 38.1 Å². The van der Waals surface area contributed by atoms with E-state index < -0.39 is 9.84 Å². The zero-order chi connectivity index (χ0) is 18.7. The number of amides is 1. The summed E-state index contributed by atoms with van der Waals surface area (Å²) in [5, 5.41) is 3.18. The first-order valence-corrected chi connectivity index (χ1v) is 10.5. The van der Waals surface area contributed by atoms with Gasteiger partial charge in [0.1, 0.15) is 5.69 Å². The molecule has 2 heterocycles. The number of carbonyl (C=O) groups excluding carboxylic acids is 1. The van der Waals surface area contributed by atoms with E-state index in [1.165, 1.54) is 0 Å². The van der Waals surface area contributed by atoms with E-state index in [9.17, 15) is 13.2 Å². The molecule has 1 aliphatic heterocycles. The zero-order valence-electron chi connectivity index (χ0n) is 15.0. The molecule has 0 bridgehead atoms. The number of aromatic nitrogens is 1. The summed E-state index contributed by atoms with van der Waals surface area (Å²) < 4.78 is 23.1. The Morgan fingerprint density at radius 1 is 1.31 bits per heavy atom. The molecule has 0 saturated carbocycles. The summed E-state index contributed by atoms with van der Waals surface area (Å²) >= 11 is 0. The summed E-state index contributed by atoms with van der Waals surface area (Å²) in [5.41, 5.74) is 3.02. The van der Waals surface area contributed by atoms with Crippen LogP contribution in [0, 0.1) is 6.92 Å². The minimum absolute atomic E-state index is 0.0946. The number of hydrogen-bond acceptors (Lipinski definition) is 5. The Morgan fingerprint density at radius 2 is 2.12 bits per heavy atom. The quantitative estimate of drug-likeness (QED) is 0.872. The second-order valence-corrected chi connectivity index (χ2v) is 8.79. The van der Waals surface area contributed by atoms with Gasteiger partial charge < -0.3 is 10.2 Å². The molecule has 26 heavy (non-hydrogen) atoms. The normalized spacial score (nSPS) is 18.5. The van der Waals surface area contributed by atoms with E-state index in [1.54, 1.807) is 23.2 Å². The van der Waals surface area contributed by atoms with Crippen molar-refractivity contribution in [3.63, 3.8) is 0 Å². The largest absolute Gasteiger partial charge is 0.380 e. The predicted octanol–water partition coefficient (Wildman–Crippen LogP) is 2.66. The zero-order valence-corrected chi connectivity index (χ0v) is 15.8. The van der Waals surface area contributed by atoms with Crippen LogP contribution in [0.4, 0.5) is 11.4 Å². The molecule has 6 nitrogen and oxygen atoms in total. The van der Waals surface area contributed by atoms with Crippen LogP contribution in [0.15, 0.2) is 42.6 Å². The van der Waals surface area contributed by atoms with Gasteiger partial charge in [0.05, 0.1) is 23.4 Å². The van der Waals surface area contributed by atoms with Gasteiger partial charge in [0.25, 0.3) is 5.91 Å². The predicted molar refractivity (Wildman–Crippen MR) is 103 cm³/mol. The van der Waals surface area contributed by atoms with Crippen LogP contribution in [0.1, 0.15) is 29.4 Å². The van der Waals surface area contributed by atoms with Crippen LogP contribution in [-0.4, -0.2) is 43.4 Å². The maximum atomic E-state index is 12.8. The Hall–Kier alpha value is -2.41. The van der Waals surface area contributed by atoms with Gasteiger partial charge in [0.2, 0.25) is 0 Å². The molecule has 138 valence electrons. The van der Waals surface area contributed by atoms with Crippen molar-refractivity contribution in [3.05, 3.63) is 53.9 Å². The number of aryl methyl sites for hydroxylation is 1. The van der Waals surface area contributed by atoms with E-state index in [2.05, 4.69) is 10.3 Å². The number of anilines is 2. The van der Waals surface area contributed by atoms with Crippen LogP contribution in [0.25, 0.3) is 0 Å². The first-order valence-electron chi connectivity index (χ1n) is 8.69. The topological polar surface area (TPSA) is 79.4 Å². The number of carbonyl (C=O) groups is 1. The van der Waals surface area contributed by atoms with Crippen molar-refractivity contribution in [1.29, 1.82) is 0 Å². The maximum Gasteiger partial charge on any atom is 0.276 e. The first kappa shape index (κ1) is 18.4. The highest BCUT2D eigenvalue weighted by Crippen LogP contribution is 2.20. The van der Waals surface area contributed by atoms with Gasteiger partial charge in [-0.15, -0.1) is 0 Å². The molecule has 1 aromatic heterocycles. The van der Waals surface area contributed by atoms with Gasteiger partial charge in [-0.25, -0.2) is 13.4 Å². The number of nitrogens with one attached hydrogen (secondary N) is 1. The van der Waals surface area contributed by atoms with Gasteiger partial charge in [0.15, 0.2) is 9.84 Å². The standard InChI is InChI=1S/C19H23N3O3S/c1-3-22(17-6-4-5-14(2)11-17)19(23)18-8-7-15(12-20-18)21-16-9-10-26(24,25)13-16/h4-8,11-12,16,21H,3,9-10,13H2,1-2H3. The molecule has 1 atom stereocenters. The molecule has 0 spiro atoms. The summed E-state index contributed by atoms with van der Waals surface area (Å²) in [5.74, 6) is 0.203. The number of rotatable bonds is 5. The Balaban J connectivity index is 1.72. The van der Waals surface area contributed by atoms with Crippen molar-refractivity contribution in [2.24, 2.45) is 0 Å². The molecule has 0 aliphatic carbocycles. The van der Waals surface area contributed by atoms with Crippen LogP contribution < -0.4 is 10.2 Å². The third-order valence-corrected chi connectivity index (χ3v) is 6.23. The van der Waals surface area contributed by atoms with Crippen molar-refractivity contribution in [2.75, 3.05) is 28.3 Å². The van der Waals surface area contributed by atoms with Gasteiger partial charge in [-0.3, -0.25) is 4.79 Å². The number of pyridine rings is 1. The van der Waals surface area contributed by atoms with Gasteiger partial charge in [-0.1, -0.05) is 12.1 Å². The third-order valence-electron chi connectivity index (χ3n) is 4.46. The molecule has 1 saturated heterocycles. The summed E-state index contributed by atoms with van der Waals surface area (Å²) in [7, 11) is -2.93. The molecule has 1 N–H and O–H groups in total. The summed E-state index contributed by atoms with van der Waals surface area (Å²) in [6.45, 7) is 4.46. The first-order chi connectivity index (χ1) is 12.4. The molecule has 1 aliphatic rings. The lowest BCUT2D eigenvalue weighted by Crippen LogP contribution is -2.31. The molecule has 3 rings (SSSR count). The highest BCUT2D eigenvalue weighted by molar-refractivity contribution is 7.91. The Morgan fingerprint density at radius 3 is 2.69 bits per heavy atom. The van der Waals surface area contributed by atoms with E-state index in [0.29, 0.717) is 18.7 Å². The molecular formula is C19H23N3O3S. The summed E-state index contributed by atoms with van der Waals surface area (Å²) in [6, 6.07) is 11.1. The molecule has 0 radical (unpaired) electrons. The third kappa shape index (κ3) is 4.22. The van der Waals surface area contributed by atoms with E-state index in [4.69, 9.17) is 0 Å². The second-order valence-electron chi connectivity index (χ2n) is 6.56. The van der Waals surface area contributed by atoms with Crippen LogP contribution in [-0.2, 0) is 9.84 Å². The SMILES string of the molecule is CCN(C(=O)c1ccc(NC2CCS(=O)(=O)C2)cn1)c1cccc(C)c1. The summed E-state index contributed by atoms with van der Waals surface area (Å²) in [4.78, 5) is 18.7. The summed E-state index contributed by atoms with van der Waals surface area (Å²) in [6.07, 6.45) is 2.18. The molecule has 1 amide bonds. The average molecular weight is 373 g/mol. The lowest BCUT2D eigenvalue weighted by molar-refractivity contribution is 0.0983. The maximum absolute atomic E-state index is 12.8. The van der Waals surface area contributed by atoms with Gasteiger partial charge >= 0.3 is 0 Å². The molecule has 1 fully saturated rings. The minimum atomic E-state index is -2.93. The molecule has 1 aromatic carbocycles. The molecule has 2 aromatic rings. The Bertz CT molecular complexity index is 895. The van der Waals surface area contributed by atoms with Crippen molar-refractivity contribution in [1.82, 2.24) is 4.98 Å². The molecular weight excluding hydrogens is 350 g/mol. The van der Waals surface area contributed by atoms with E-state index in [0.717, 1.165) is 16.9 Å².